The van der Waals surface area contributed by atoms with Gasteiger partial charge in [-0.2, -0.15) is 0 Å². The molecule has 0 bridgehead atoms. The molecule has 8 heteroatoms. The van der Waals surface area contributed by atoms with Crippen molar-refractivity contribution in [3.8, 4) is 11.5 Å². The molecule has 0 saturated heterocycles. The average molecular weight is 357 g/mol. The van der Waals surface area contributed by atoms with E-state index in [0.29, 0.717) is 27.9 Å². The van der Waals surface area contributed by atoms with Crippen molar-refractivity contribution in [2.75, 3.05) is 30.5 Å². The summed E-state index contributed by atoms with van der Waals surface area (Å²) in [5.74, 6) is 1.08. The molecule has 0 atom stereocenters. The standard InChI is InChI=1S/C15H17ClN2O4S/c1-21-14-9-13(15(22-2)8-12(14)16)17-10-4-6-11(7-5-10)18-23(3,19)20/h4-9,17-18H,1-3H3. The summed E-state index contributed by atoms with van der Waals surface area (Å²) in [5, 5.41) is 3.62. The Balaban J connectivity index is 2.25. The van der Waals surface area contributed by atoms with Crippen LogP contribution in [0.25, 0.3) is 0 Å². The molecule has 2 rings (SSSR count). The van der Waals surface area contributed by atoms with Crippen LogP contribution in [0.15, 0.2) is 36.4 Å². The molecule has 0 aliphatic carbocycles. The lowest BCUT2D eigenvalue weighted by atomic mass is 10.2. The number of hydrogen-bond donors (Lipinski definition) is 2. The molecule has 2 aromatic carbocycles. The largest absolute Gasteiger partial charge is 0.495 e. The van der Waals surface area contributed by atoms with Gasteiger partial charge in [0.15, 0.2) is 0 Å². The molecule has 2 aromatic rings. The molecule has 0 aliphatic rings. The lowest BCUT2D eigenvalue weighted by Crippen LogP contribution is -2.09. The zero-order chi connectivity index (χ0) is 17.0. The van der Waals surface area contributed by atoms with Gasteiger partial charge in [0.25, 0.3) is 0 Å². The lowest BCUT2D eigenvalue weighted by Gasteiger charge is -2.14. The summed E-state index contributed by atoms with van der Waals surface area (Å²) in [6.07, 6.45) is 1.10. The molecule has 0 radical (unpaired) electrons. The van der Waals surface area contributed by atoms with Crippen LogP contribution in [0.5, 0.6) is 11.5 Å². The molecule has 0 amide bonds. The molecule has 0 spiro atoms. The fraction of sp³-hybridized carbons (Fsp3) is 0.200. The Bertz CT molecular complexity index is 792. The van der Waals surface area contributed by atoms with Crippen LogP contribution in [0.4, 0.5) is 17.1 Å². The molecule has 0 saturated carbocycles. The summed E-state index contributed by atoms with van der Waals surface area (Å²) in [5.41, 5.74) is 1.92. The van der Waals surface area contributed by atoms with Gasteiger partial charge in [0.2, 0.25) is 10.0 Å². The molecule has 23 heavy (non-hydrogen) atoms. The molecule has 0 aromatic heterocycles. The van der Waals surface area contributed by atoms with Gasteiger partial charge in [0, 0.05) is 23.5 Å². The van der Waals surface area contributed by atoms with Gasteiger partial charge in [-0.1, -0.05) is 11.6 Å². The molecule has 0 unspecified atom stereocenters. The second kappa shape index (κ2) is 6.97. The van der Waals surface area contributed by atoms with E-state index in [9.17, 15) is 8.42 Å². The van der Waals surface area contributed by atoms with Gasteiger partial charge >= 0.3 is 0 Å². The van der Waals surface area contributed by atoms with Crippen LogP contribution in [-0.2, 0) is 10.0 Å². The SMILES string of the molecule is COc1cc(Nc2ccc(NS(C)(=O)=O)cc2)c(OC)cc1Cl. The molecule has 2 N–H and O–H groups in total. The van der Waals surface area contributed by atoms with Gasteiger partial charge in [0.1, 0.15) is 11.5 Å². The van der Waals surface area contributed by atoms with Crippen LogP contribution in [0, 0.1) is 0 Å². The maximum Gasteiger partial charge on any atom is 0.229 e. The van der Waals surface area contributed by atoms with E-state index in [-0.39, 0.29) is 0 Å². The predicted molar refractivity (Wildman–Crippen MR) is 92.7 cm³/mol. The third-order valence-corrected chi connectivity index (χ3v) is 3.84. The van der Waals surface area contributed by atoms with Crippen LogP contribution in [0.3, 0.4) is 0 Å². The zero-order valence-electron chi connectivity index (χ0n) is 12.9. The fourth-order valence-electron chi connectivity index (χ4n) is 1.95. The molecule has 0 fully saturated rings. The first-order valence-electron chi connectivity index (χ1n) is 6.59. The van der Waals surface area contributed by atoms with E-state index in [1.54, 1.807) is 43.5 Å². The first kappa shape index (κ1) is 17.2. The molecule has 0 heterocycles. The van der Waals surface area contributed by atoms with E-state index in [0.717, 1.165) is 11.9 Å². The lowest BCUT2D eigenvalue weighted by molar-refractivity contribution is 0.405. The number of rotatable bonds is 6. The van der Waals surface area contributed by atoms with Crippen LogP contribution in [0.2, 0.25) is 5.02 Å². The third-order valence-electron chi connectivity index (χ3n) is 2.94. The van der Waals surface area contributed by atoms with E-state index in [1.165, 1.54) is 7.11 Å². The number of sulfonamides is 1. The van der Waals surface area contributed by atoms with Gasteiger partial charge in [0.05, 0.1) is 31.2 Å². The van der Waals surface area contributed by atoms with Gasteiger partial charge in [-0.3, -0.25) is 4.72 Å². The summed E-state index contributed by atoms with van der Waals surface area (Å²) < 4.78 is 35.3. The minimum absolute atomic E-state index is 0.447. The van der Waals surface area contributed by atoms with Crippen molar-refractivity contribution in [2.24, 2.45) is 0 Å². The van der Waals surface area contributed by atoms with Crippen LogP contribution >= 0.6 is 11.6 Å². The van der Waals surface area contributed by atoms with Crippen molar-refractivity contribution >= 4 is 38.7 Å². The Morgan fingerprint density at radius 2 is 1.52 bits per heavy atom. The summed E-state index contributed by atoms with van der Waals surface area (Å²) in [7, 11) is -0.220. The van der Waals surface area contributed by atoms with Crippen molar-refractivity contribution in [1.82, 2.24) is 0 Å². The number of ether oxygens (including phenoxy) is 2. The average Bonchev–Trinajstić information content (AvgIpc) is 2.49. The first-order valence-corrected chi connectivity index (χ1v) is 8.85. The van der Waals surface area contributed by atoms with E-state index in [1.807, 2.05) is 0 Å². The Labute approximate surface area is 140 Å². The number of anilines is 3. The molecule has 124 valence electrons. The molecular weight excluding hydrogens is 340 g/mol. The van der Waals surface area contributed by atoms with Crippen LogP contribution in [-0.4, -0.2) is 28.9 Å². The molecule has 0 aliphatic heterocycles. The highest BCUT2D eigenvalue weighted by Crippen LogP contribution is 2.37. The van der Waals surface area contributed by atoms with Crippen molar-refractivity contribution in [3.05, 3.63) is 41.4 Å². The summed E-state index contributed by atoms with van der Waals surface area (Å²) in [6.45, 7) is 0. The van der Waals surface area contributed by atoms with E-state index in [4.69, 9.17) is 21.1 Å². The predicted octanol–water partition coefficient (Wildman–Crippen LogP) is 3.47. The maximum absolute atomic E-state index is 11.2. The minimum Gasteiger partial charge on any atom is -0.495 e. The fourth-order valence-corrected chi connectivity index (χ4v) is 2.74. The second-order valence-electron chi connectivity index (χ2n) is 4.76. The number of hydrogen-bond acceptors (Lipinski definition) is 5. The van der Waals surface area contributed by atoms with Gasteiger partial charge in [-0.25, -0.2) is 8.42 Å². The van der Waals surface area contributed by atoms with Crippen molar-refractivity contribution < 1.29 is 17.9 Å². The summed E-state index contributed by atoms with van der Waals surface area (Å²) >= 11 is 6.07. The van der Waals surface area contributed by atoms with Crippen molar-refractivity contribution in [3.63, 3.8) is 0 Å². The van der Waals surface area contributed by atoms with Crippen LogP contribution in [0.1, 0.15) is 0 Å². The van der Waals surface area contributed by atoms with Crippen LogP contribution < -0.4 is 19.5 Å². The topological polar surface area (TPSA) is 76.7 Å². The summed E-state index contributed by atoms with van der Waals surface area (Å²) in [6, 6.07) is 10.2. The number of benzene rings is 2. The maximum atomic E-state index is 11.2. The number of methoxy groups -OCH3 is 2. The second-order valence-corrected chi connectivity index (χ2v) is 6.92. The molecule has 6 nitrogen and oxygen atoms in total. The highest BCUT2D eigenvalue weighted by atomic mass is 35.5. The highest BCUT2D eigenvalue weighted by molar-refractivity contribution is 7.92. The van der Waals surface area contributed by atoms with E-state index < -0.39 is 10.0 Å². The number of nitrogens with one attached hydrogen (secondary N) is 2. The summed E-state index contributed by atoms with van der Waals surface area (Å²) in [4.78, 5) is 0. The molecular formula is C15H17ClN2O4S. The van der Waals surface area contributed by atoms with E-state index in [2.05, 4.69) is 10.0 Å². The van der Waals surface area contributed by atoms with E-state index >= 15 is 0 Å². The Morgan fingerprint density at radius 1 is 0.957 bits per heavy atom. The highest BCUT2D eigenvalue weighted by Gasteiger charge is 2.10. The zero-order valence-corrected chi connectivity index (χ0v) is 14.5. The quantitative estimate of drug-likeness (QED) is 0.828. The first-order chi connectivity index (χ1) is 10.8. The monoisotopic (exact) mass is 356 g/mol. The Kier molecular flexibility index (Phi) is 5.23. The minimum atomic E-state index is -3.29. The van der Waals surface area contributed by atoms with Gasteiger partial charge in [-0.05, 0) is 24.3 Å². The van der Waals surface area contributed by atoms with Crippen molar-refractivity contribution in [1.29, 1.82) is 0 Å². The van der Waals surface area contributed by atoms with Gasteiger partial charge in [-0.15, -0.1) is 0 Å². The third kappa shape index (κ3) is 4.67. The number of halogens is 1. The Hall–Kier alpha value is -2.12. The Morgan fingerprint density at radius 3 is 2.04 bits per heavy atom. The smallest absolute Gasteiger partial charge is 0.229 e. The normalized spacial score (nSPS) is 11.0. The van der Waals surface area contributed by atoms with Gasteiger partial charge < -0.3 is 14.8 Å². The van der Waals surface area contributed by atoms with Crippen molar-refractivity contribution in [2.45, 2.75) is 0 Å².